The van der Waals surface area contributed by atoms with Crippen molar-refractivity contribution in [3.63, 3.8) is 0 Å². The van der Waals surface area contributed by atoms with E-state index in [-0.39, 0.29) is 17.9 Å². The second-order valence-corrected chi connectivity index (χ2v) is 10.9. The predicted molar refractivity (Wildman–Crippen MR) is 114 cm³/mol. The van der Waals surface area contributed by atoms with Gasteiger partial charge in [-0.05, 0) is 83.1 Å². The second-order valence-electron chi connectivity index (χ2n) is 9.55. The zero-order valence-corrected chi connectivity index (χ0v) is 20.6. The first-order valence-corrected chi connectivity index (χ1v) is 11.0. The third-order valence-electron chi connectivity index (χ3n) is 3.43. The Balaban J connectivity index is 5.49. The van der Waals surface area contributed by atoms with Crippen LogP contribution in [-0.4, -0.2) is 52.0 Å². The number of amides is 1. The van der Waals surface area contributed by atoms with Gasteiger partial charge in [-0.2, -0.15) is 0 Å². The van der Waals surface area contributed by atoms with E-state index in [0.29, 0.717) is 0 Å². The number of carbonyl (C=O) groups is 2. The zero-order valence-electron chi connectivity index (χ0n) is 19.7. The van der Waals surface area contributed by atoms with Gasteiger partial charge in [0, 0.05) is 12.1 Å². The highest BCUT2D eigenvalue weighted by Crippen LogP contribution is 2.50. The van der Waals surface area contributed by atoms with Crippen LogP contribution in [0, 0.1) is 0 Å². The van der Waals surface area contributed by atoms with Gasteiger partial charge in [0.25, 0.3) is 8.53 Å². The Bertz CT molecular complexity index is 504. The summed E-state index contributed by atoms with van der Waals surface area (Å²) in [6.07, 6.45) is -1.23. The van der Waals surface area contributed by atoms with Crippen LogP contribution in [0.3, 0.4) is 0 Å². The van der Waals surface area contributed by atoms with Crippen molar-refractivity contribution in [2.75, 3.05) is 0 Å². The quantitative estimate of drug-likeness (QED) is 0.527. The molecule has 0 rings (SSSR count). The lowest BCUT2D eigenvalue weighted by Crippen LogP contribution is -2.49. The molecule has 0 aliphatic carbocycles. The number of rotatable bonds is 9. The topological polar surface area (TPSA) is 77.1 Å². The molecule has 0 bridgehead atoms. The zero-order chi connectivity index (χ0) is 22.4. The molecule has 1 unspecified atom stereocenters. The lowest BCUT2D eigenvalue weighted by atomic mass is 10.1. The van der Waals surface area contributed by atoms with Crippen LogP contribution in [0.15, 0.2) is 0 Å². The van der Waals surface area contributed by atoms with Crippen molar-refractivity contribution < 1.29 is 23.4 Å². The Morgan fingerprint density at radius 2 is 1.36 bits per heavy atom. The summed E-state index contributed by atoms with van der Waals surface area (Å²) in [7, 11) is -1.45. The van der Waals surface area contributed by atoms with Crippen LogP contribution < -0.4 is 5.32 Å². The van der Waals surface area contributed by atoms with Gasteiger partial charge < -0.3 is 19.1 Å². The van der Waals surface area contributed by atoms with Gasteiger partial charge in [-0.1, -0.05) is 0 Å². The molecular formula is C20H41N2O5P. The smallest absolute Gasteiger partial charge is 0.408 e. The molecule has 0 aromatic heterocycles. The van der Waals surface area contributed by atoms with Crippen LogP contribution >= 0.6 is 8.53 Å². The van der Waals surface area contributed by atoms with Crippen LogP contribution in [0.1, 0.15) is 83.1 Å². The van der Waals surface area contributed by atoms with Crippen LogP contribution in [-0.2, 0) is 18.6 Å². The monoisotopic (exact) mass is 420 g/mol. The number of ketones is 1. The van der Waals surface area contributed by atoms with Crippen molar-refractivity contribution in [2.45, 2.75) is 119 Å². The minimum absolute atomic E-state index is 0.190. The number of hydrogen-bond acceptors (Lipinski definition) is 6. The number of nitrogens with zero attached hydrogens (tertiary/aromatic N) is 1. The molecule has 3 atom stereocenters. The highest BCUT2D eigenvalue weighted by atomic mass is 31.2. The highest BCUT2D eigenvalue weighted by molar-refractivity contribution is 7.44. The van der Waals surface area contributed by atoms with Gasteiger partial charge in [-0.3, -0.25) is 4.79 Å². The van der Waals surface area contributed by atoms with Crippen molar-refractivity contribution in [3.05, 3.63) is 0 Å². The van der Waals surface area contributed by atoms with E-state index in [1.54, 1.807) is 27.7 Å². The van der Waals surface area contributed by atoms with E-state index >= 15 is 0 Å². The van der Waals surface area contributed by atoms with E-state index in [9.17, 15) is 9.59 Å². The van der Waals surface area contributed by atoms with Crippen molar-refractivity contribution in [2.24, 2.45) is 0 Å². The molecular weight excluding hydrogens is 379 g/mol. The van der Waals surface area contributed by atoms with E-state index in [1.807, 2.05) is 20.8 Å². The molecule has 0 aromatic carbocycles. The van der Waals surface area contributed by atoms with Gasteiger partial charge in [0.15, 0.2) is 5.78 Å². The lowest BCUT2D eigenvalue weighted by molar-refractivity contribution is -0.121. The number of alkyl carbamates (subject to hydrolysis) is 1. The Kier molecular flexibility index (Phi) is 10.6. The largest absolute Gasteiger partial charge is 0.444 e. The Morgan fingerprint density at radius 1 is 0.893 bits per heavy atom. The molecule has 7 nitrogen and oxygen atoms in total. The molecule has 0 radical (unpaired) electrons. The van der Waals surface area contributed by atoms with Gasteiger partial charge in [0.05, 0.1) is 11.7 Å². The first-order valence-electron chi connectivity index (χ1n) is 9.89. The molecule has 1 amide bonds. The third kappa shape index (κ3) is 10.7. The molecule has 166 valence electrons. The van der Waals surface area contributed by atoms with Gasteiger partial charge in [-0.25, -0.2) is 9.46 Å². The molecule has 0 heterocycles. The number of ether oxygens (including phenoxy) is 1. The van der Waals surface area contributed by atoms with Crippen LogP contribution in [0.4, 0.5) is 4.79 Å². The molecule has 0 fully saturated rings. The van der Waals surface area contributed by atoms with E-state index in [2.05, 4.69) is 37.7 Å². The Hall–Kier alpha value is -0.750. The molecule has 0 spiro atoms. The highest BCUT2D eigenvalue weighted by Gasteiger charge is 2.36. The maximum Gasteiger partial charge on any atom is 0.408 e. The van der Waals surface area contributed by atoms with Crippen molar-refractivity contribution in [1.29, 1.82) is 0 Å². The molecule has 0 aromatic rings. The average molecular weight is 421 g/mol. The molecule has 0 aliphatic rings. The SMILES string of the molecule is CC(=O)[C@@H](NC(=O)OC(C)(C)C)[C@H](C)OP(OC(C)(C)C)N(C(C)C)C(C)C. The number of Topliss-reactive ketones (excluding diaryl/α,β-unsaturated/α-hetero) is 1. The molecule has 0 saturated carbocycles. The first kappa shape index (κ1) is 27.2. The molecule has 8 heteroatoms. The fourth-order valence-corrected chi connectivity index (χ4v) is 4.39. The minimum Gasteiger partial charge on any atom is -0.444 e. The molecule has 1 N–H and O–H groups in total. The predicted octanol–water partition coefficient (Wildman–Crippen LogP) is 5.03. The van der Waals surface area contributed by atoms with Gasteiger partial charge in [0.1, 0.15) is 11.6 Å². The van der Waals surface area contributed by atoms with Crippen molar-refractivity contribution >= 4 is 20.4 Å². The minimum atomic E-state index is -1.45. The average Bonchev–Trinajstić information content (AvgIpc) is 2.39. The van der Waals surface area contributed by atoms with Crippen LogP contribution in [0.25, 0.3) is 0 Å². The maximum absolute atomic E-state index is 12.2. The van der Waals surface area contributed by atoms with Gasteiger partial charge in [-0.15, -0.1) is 0 Å². The standard InChI is InChI=1S/C20H41N2O5P/c1-13(2)22(14(3)4)28(27-20(10,11)12)26-16(6)17(15(5)23)21-18(24)25-19(7,8)9/h13-14,16-17H,1-12H3,(H,21,24)/t16-,17+,28?/m0/s1. The number of hydrogen-bond donors (Lipinski definition) is 1. The summed E-state index contributed by atoms with van der Waals surface area (Å²) in [6.45, 7) is 22.7. The lowest BCUT2D eigenvalue weighted by Gasteiger charge is -2.40. The van der Waals surface area contributed by atoms with Crippen LogP contribution in [0.5, 0.6) is 0 Å². The third-order valence-corrected chi connectivity index (χ3v) is 5.95. The number of carbonyl (C=O) groups excluding carboxylic acids is 2. The Labute approximate surface area is 172 Å². The first-order chi connectivity index (χ1) is 12.4. The van der Waals surface area contributed by atoms with Crippen molar-refractivity contribution in [3.8, 4) is 0 Å². The molecule has 28 heavy (non-hydrogen) atoms. The molecule has 0 aliphatic heterocycles. The second kappa shape index (κ2) is 10.9. The van der Waals surface area contributed by atoms with Gasteiger partial charge >= 0.3 is 6.09 Å². The summed E-state index contributed by atoms with van der Waals surface area (Å²) in [5, 5.41) is 2.64. The normalized spacial score (nSPS) is 16.2. The number of nitrogens with one attached hydrogen (secondary N) is 1. The fraction of sp³-hybridized carbons (Fsp3) is 0.900. The van der Waals surface area contributed by atoms with Crippen LogP contribution in [0.2, 0.25) is 0 Å². The van der Waals surface area contributed by atoms with E-state index in [4.69, 9.17) is 13.8 Å². The van der Waals surface area contributed by atoms with Crippen molar-refractivity contribution in [1.82, 2.24) is 9.99 Å². The fourth-order valence-electron chi connectivity index (χ4n) is 2.52. The molecule has 0 saturated heterocycles. The summed E-state index contributed by atoms with van der Waals surface area (Å²) < 4.78 is 19.9. The van der Waals surface area contributed by atoms with E-state index in [1.165, 1.54) is 6.92 Å². The van der Waals surface area contributed by atoms with E-state index in [0.717, 1.165) is 0 Å². The summed E-state index contributed by atoms with van der Waals surface area (Å²) >= 11 is 0. The summed E-state index contributed by atoms with van der Waals surface area (Å²) in [4.78, 5) is 24.4. The van der Waals surface area contributed by atoms with Gasteiger partial charge in [0.2, 0.25) is 0 Å². The summed E-state index contributed by atoms with van der Waals surface area (Å²) in [6, 6.07) is -0.449. The van der Waals surface area contributed by atoms with E-state index < -0.39 is 38.0 Å². The summed E-state index contributed by atoms with van der Waals surface area (Å²) in [5.74, 6) is -0.204. The Morgan fingerprint density at radius 3 is 1.68 bits per heavy atom. The summed E-state index contributed by atoms with van der Waals surface area (Å²) in [5.41, 5.74) is -1.07. The maximum atomic E-state index is 12.2.